The Hall–Kier alpha value is -0.240. The predicted octanol–water partition coefficient (Wildman–Crippen LogP) is -1.81. The van der Waals surface area contributed by atoms with Crippen molar-refractivity contribution in [2.24, 2.45) is 0 Å². The molecule has 2 aliphatic rings. The molecule has 2 rings (SSSR count). The van der Waals surface area contributed by atoms with E-state index in [2.05, 4.69) is 0 Å². The van der Waals surface area contributed by atoms with Gasteiger partial charge in [-0.1, -0.05) is 0 Å². The standard InChI is InChI=1S/C8H14O6/c1-3-12-2-4-7(13-3)5(9)6(10)8(11)14-4/h3-11H,2H2,1H3/t3-,4+,5-,6-,7-,8+/m1/s1. The highest BCUT2D eigenvalue weighted by molar-refractivity contribution is 4.91. The van der Waals surface area contributed by atoms with Gasteiger partial charge in [0.2, 0.25) is 0 Å². The Labute approximate surface area is 81.0 Å². The number of hydrogen-bond donors (Lipinski definition) is 3. The molecule has 0 unspecified atom stereocenters. The fourth-order valence-electron chi connectivity index (χ4n) is 1.71. The quantitative estimate of drug-likeness (QED) is 0.433. The Balaban J connectivity index is 2.08. The van der Waals surface area contributed by atoms with Crippen LogP contribution in [0.1, 0.15) is 6.92 Å². The Morgan fingerprint density at radius 2 is 1.79 bits per heavy atom. The van der Waals surface area contributed by atoms with Crippen LogP contribution in [0.15, 0.2) is 0 Å². The lowest BCUT2D eigenvalue weighted by Gasteiger charge is -2.44. The van der Waals surface area contributed by atoms with Gasteiger partial charge in [0.05, 0.1) is 6.61 Å². The molecule has 3 N–H and O–H groups in total. The van der Waals surface area contributed by atoms with Crippen molar-refractivity contribution in [2.75, 3.05) is 6.61 Å². The molecule has 0 aromatic heterocycles. The van der Waals surface area contributed by atoms with E-state index in [0.29, 0.717) is 0 Å². The second kappa shape index (κ2) is 3.73. The van der Waals surface area contributed by atoms with E-state index in [1.54, 1.807) is 6.92 Å². The van der Waals surface area contributed by atoms with Crippen LogP contribution >= 0.6 is 0 Å². The highest BCUT2D eigenvalue weighted by Crippen LogP contribution is 2.27. The van der Waals surface area contributed by atoms with E-state index in [0.717, 1.165) is 0 Å². The number of aliphatic hydroxyl groups excluding tert-OH is 3. The molecule has 0 spiro atoms. The molecule has 0 aromatic carbocycles. The molecule has 2 aliphatic heterocycles. The van der Waals surface area contributed by atoms with Gasteiger partial charge in [-0.25, -0.2) is 0 Å². The van der Waals surface area contributed by atoms with Gasteiger partial charge in [0.25, 0.3) is 0 Å². The third-order valence-electron chi connectivity index (χ3n) is 2.50. The van der Waals surface area contributed by atoms with Crippen molar-refractivity contribution in [1.29, 1.82) is 0 Å². The Morgan fingerprint density at radius 1 is 1.07 bits per heavy atom. The van der Waals surface area contributed by atoms with Crippen LogP contribution in [0.25, 0.3) is 0 Å². The highest BCUT2D eigenvalue weighted by atomic mass is 16.7. The molecule has 14 heavy (non-hydrogen) atoms. The van der Waals surface area contributed by atoms with Crippen molar-refractivity contribution in [3.8, 4) is 0 Å². The van der Waals surface area contributed by atoms with Gasteiger partial charge in [-0.2, -0.15) is 0 Å². The van der Waals surface area contributed by atoms with Gasteiger partial charge in [0.15, 0.2) is 12.6 Å². The van der Waals surface area contributed by atoms with Gasteiger partial charge in [-0.15, -0.1) is 0 Å². The van der Waals surface area contributed by atoms with Crippen molar-refractivity contribution in [3.63, 3.8) is 0 Å². The average Bonchev–Trinajstić information content (AvgIpc) is 2.16. The van der Waals surface area contributed by atoms with Crippen LogP contribution in [0, 0.1) is 0 Å². The summed E-state index contributed by atoms with van der Waals surface area (Å²) in [6.45, 7) is 1.94. The predicted molar refractivity (Wildman–Crippen MR) is 43.2 cm³/mol. The Morgan fingerprint density at radius 3 is 2.50 bits per heavy atom. The van der Waals surface area contributed by atoms with E-state index in [1.807, 2.05) is 0 Å². The minimum atomic E-state index is -1.38. The lowest BCUT2D eigenvalue weighted by atomic mass is 9.98. The number of ether oxygens (including phenoxy) is 3. The number of aliphatic hydroxyl groups is 3. The zero-order valence-electron chi connectivity index (χ0n) is 7.74. The molecule has 0 bridgehead atoms. The monoisotopic (exact) mass is 206 g/mol. The number of hydrogen-bond acceptors (Lipinski definition) is 6. The van der Waals surface area contributed by atoms with Crippen LogP contribution in [-0.2, 0) is 14.2 Å². The summed E-state index contributed by atoms with van der Waals surface area (Å²) in [5.41, 5.74) is 0. The summed E-state index contributed by atoms with van der Waals surface area (Å²) >= 11 is 0. The largest absolute Gasteiger partial charge is 0.387 e. The van der Waals surface area contributed by atoms with Gasteiger partial charge < -0.3 is 29.5 Å². The summed E-state index contributed by atoms with van der Waals surface area (Å²) < 4.78 is 15.4. The highest BCUT2D eigenvalue weighted by Gasteiger charge is 2.47. The van der Waals surface area contributed by atoms with E-state index < -0.39 is 37.0 Å². The maximum atomic E-state index is 9.59. The molecule has 0 saturated carbocycles. The van der Waals surface area contributed by atoms with Crippen LogP contribution in [0.4, 0.5) is 0 Å². The second-order valence-corrected chi connectivity index (χ2v) is 3.55. The minimum absolute atomic E-state index is 0.243. The molecule has 2 fully saturated rings. The van der Waals surface area contributed by atoms with Gasteiger partial charge in [0.1, 0.15) is 24.4 Å². The third-order valence-corrected chi connectivity index (χ3v) is 2.50. The summed E-state index contributed by atoms with van der Waals surface area (Å²) in [4.78, 5) is 0. The third kappa shape index (κ3) is 1.65. The zero-order chi connectivity index (χ0) is 10.3. The average molecular weight is 206 g/mol. The summed E-state index contributed by atoms with van der Waals surface area (Å²) in [5, 5.41) is 28.1. The van der Waals surface area contributed by atoms with Crippen LogP contribution in [0.5, 0.6) is 0 Å². The van der Waals surface area contributed by atoms with Crippen molar-refractivity contribution >= 4 is 0 Å². The van der Waals surface area contributed by atoms with Crippen LogP contribution < -0.4 is 0 Å². The molecule has 0 aromatic rings. The molecule has 6 atom stereocenters. The molecule has 6 heteroatoms. The van der Waals surface area contributed by atoms with E-state index in [4.69, 9.17) is 14.2 Å². The first-order chi connectivity index (χ1) is 6.59. The molecule has 0 amide bonds. The first kappa shape index (κ1) is 10.3. The summed E-state index contributed by atoms with van der Waals surface area (Å²) in [6, 6.07) is 0. The van der Waals surface area contributed by atoms with Crippen molar-refractivity contribution < 1.29 is 29.5 Å². The smallest absolute Gasteiger partial charge is 0.184 e. The fourth-order valence-corrected chi connectivity index (χ4v) is 1.71. The summed E-state index contributed by atoms with van der Waals surface area (Å²) in [5.74, 6) is 0. The summed E-state index contributed by atoms with van der Waals surface area (Å²) in [7, 11) is 0. The van der Waals surface area contributed by atoms with Crippen molar-refractivity contribution in [2.45, 2.75) is 43.9 Å². The van der Waals surface area contributed by atoms with Crippen LogP contribution in [-0.4, -0.2) is 58.9 Å². The van der Waals surface area contributed by atoms with E-state index in [-0.39, 0.29) is 6.61 Å². The Bertz CT molecular complexity index is 208. The minimum Gasteiger partial charge on any atom is -0.387 e. The first-order valence-electron chi connectivity index (χ1n) is 4.56. The van der Waals surface area contributed by atoms with Gasteiger partial charge in [-0.3, -0.25) is 0 Å². The molecule has 0 aliphatic carbocycles. The molecule has 2 saturated heterocycles. The second-order valence-electron chi connectivity index (χ2n) is 3.55. The number of rotatable bonds is 0. The maximum absolute atomic E-state index is 9.59. The topological polar surface area (TPSA) is 88.4 Å². The first-order valence-corrected chi connectivity index (χ1v) is 4.56. The van der Waals surface area contributed by atoms with Crippen LogP contribution in [0.2, 0.25) is 0 Å². The van der Waals surface area contributed by atoms with Crippen molar-refractivity contribution in [3.05, 3.63) is 0 Å². The zero-order valence-corrected chi connectivity index (χ0v) is 7.74. The summed E-state index contributed by atoms with van der Waals surface area (Å²) in [6.07, 6.45) is -5.46. The molecule has 0 radical (unpaired) electrons. The van der Waals surface area contributed by atoms with E-state index in [9.17, 15) is 15.3 Å². The van der Waals surface area contributed by atoms with E-state index in [1.165, 1.54) is 0 Å². The lowest BCUT2D eigenvalue weighted by Crippen LogP contribution is -2.62. The SMILES string of the molecule is C[C@@H]1OC[C@@H]2O[C@H](O)[C@H](O)[C@@H](O)[C@@H]2O1. The molecule has 2 heterocycles. The lowest BCUT2D eigenvalue weighted by molar-refractivity contribution is -0.348. The van der Waals surface area contributed by atoms with Gasteiger partial charge in [0, 0.05) is 0 Å². The Kier molecular flexibility index (Phi) is 2.74. The van der Waals surface area contributed by atoms with Gasteiger partial charge >= 0.3 is 0 Å². The van der Waals surface area contributed by atoms with Crippen LogP contribution in [0.3, 0.4) is 0 Å². The molecular weight excluding hydrogens is 192 g/mol. The molecule has 82 valence electrons. The van der Waals surface area contributed by atoms with E-state index >= 15 is 0 Å². The number of fused-ring (bicyclic) bond motifs is 1. The van der Waals surface area contributed by atoms with Gasteiger partial charge in [-0.05, 0) is 6.92 Å². The van der Waals surface area contributed by atoms with Crippen molar-refractivity contribution in [1.82, 2.24) is 0 Å². The fraction of sp³-hybridized carbons (Fsp3) is 1.00. The molecular formula is C8H14O6. The molecule has 6 nitrogen and oxygen atoms in total. The maximum Gasteiger partial charge on any atom is 0.184 e. The normalized spacial score (nSPS) is 54.0.